The van der Waals surface area contributed by atoms with Crippen molar-refractivity contribution in [1.82, 2.24) is 19.6 Å². The highest BCUT2D eigenvalue weighted by Gasteiger charge is 2.44. The predicted octanol–water partition coefficient (Wildman–Crippen LogP) is 4.71. The minimum atomic E-state index is -4.71. The summed E-state index contributed by atoms with van der Waals surface area (Å²) in [5.74, 6) is -0.501. The Morgan fingerprint density at radius 3 is 2.35 bits per heavy atom. The van der Waals surface area contributed by atoms with Crippen molar-refractivity contribution < 1.29 is 32.3 Å². The van der Waals surface area contributed by atoms with E-state index in [-0.39, 0.29) is 22.4 Å². The zero-order valence-corrected chi connectivity index (χ0v) is 28.6. The van der Waals surface area contributed by atoms with Crippen LogP contribution in [0.3, 0.4) is 0 Å². The molecular weight excluding hydrogens is 693 g/mol. The van der Waals surface area contributed by atoms with Crippen LogP contribution in [0.4, 0.5) is 29.3 Å². The van der Waals surface area contributed by atoms with Gasteiger partial charge in [-0.25, -0.2) is 4.79 Å². The number of amides is 3. The highest BCUT2D eigenvalue weighted by molar-refractivity contribution is 9.10. The molecule has 6 rings (SSSR count). The Morgan fingerprint density at radius 2 is 1.69 bits per heavy atom. The van der Waals surface area contributed by atoms with Crippen molar-refractivity contribution in [3.63, 3.8) is 0 Å². The Balaban J connectivity index is 1.17. The number of nitrogens with two attached hydrogens (primary N) is 1. The summed E-state index contributed by atoms with van der Waals surface area (Å²) < 4.78 is 47.4. The summed E-state index contributed by atoms with van der Waals surface area (Å²) in [5, 5.41) is 2.93. The molecule has 48 heavy (non-hydrogen) atoms. The van der Waals surface area contributed by atoms with Crippen molar-refractivity contribution in [2.75, 3.05) is 70.5 Å². The van der Waals surface area contributed by atoms with Gasteiger partial charge in [0, 0.05) is 73.7 Å². The molecule has 10 nitrogen and oxygen atoms in total. The largest absolute Gasteiger partial charge is 0.436 e. The van der Waals surface area contributed by atoms with Crippen LogP contribution in [0.25, 0.3) is 0 Å². The second kappa shape index (κ2) is 13.9. The van der Waals surface area contributed by atoms with E-state index in [2.05, 4.69) is 38.1 Å². The fraction of sp³-hybridized carbons (Fsp3) is 0.559. The van der Waals surface area contributed by atoms with Gasteiger partial charge in [-0.15, -0.1) is 0 Å². The lowest BCUT2D eigenvalue weighted by Crippen LogP contribution is -2.56. The number of para-hydroxylation sites is 1. The number of nitrogen functional groups attached to an aromatic ring is 1. The number of hydrogen-bond acceptors (Lipinski definition) is 7. The Morgan fingerprint density at radius 1 is 1.02 bits per heavy atom. The van der Waals surface area contributed by atoms with Gasteiger partial charge in [-0.05, 0) is 91.1 Å². The van der Waals surface area contributed by atoms with E-state index in [0.717, 1.165) is 43.2 Å². The number of likely N-dealkylation sites (tertiary alicyclic amines) is 2. The maximum Gasteiger partial charge on any atom is 0.418 e. The first kappa shape index (κ1) is 34.5. The average Bonchev–Trinajstić information content (AvgIpc) is 3.06. The molecule has 0 aliphatic carbocycles. The number of rotatable bonds is 5. The van der Waals surface area contributed by atoms with Crippen LogP contribution in [0.1, 0.15) is 48.8 Å². The van der Waals surface area contributed by atoms with Gasteiger partial charge < -0.3 is 30.5 Å². The van der Waals surface area contributed by atoms with E-state index in [9.17, 15) is 27.6 Å². The van der Waals surface area contributed by atoms with E-state index in [4.69, 9.17) is 10.5 Å². The number of nitrogens with one attached hydrogen (secondary N) is 1. The van der Waals surface area contributed by atoms with Crippen LogP contribution in [-0.4, -0.2) is 109 Å². The van der Waals surface area contributed by atoms with E-state index in [1.165, 1.54) is 11.0 Å². The molecule has 4 aliphatic rings. The van der Waals surface area contributed by atoms with E-state index in [1.807, 2.05) is 24.3 Å². The van der Waals surface area contributed by atoms with Crippen molar-refractivity contribution in [3.8, 4) is 0 Å². The summed E-state index contributed by atoms with van der Waals surface area (Å²) in [5.41, 5.74) is 5.84. The summed E-state index contributed by atoms with van der Waals surface area (Å²) in [6, 6.07) is 10.5. The number of piperazine rings is 1. The summed E-state index contributed by atoms with van der Waals surface area (Å²) in [6.45, 7) is 4.89. The van der Waals surface area contributed by atoms with Crippen molar-refractivity contribution in [3.05, 3.63) is 57.6 Å². The molecule has 0 aromatic heterocycles. The molecule has 0 saturated carbocycles. The Kier molecular flexibility index (Phi) is 9.97. The molecule has 14 heteroatoms. The maximum absolute atomic E-state index is 14.0. The minimum Gasteiger partial charge on any atom is -0.436 e. The molecule has 4 aliphatic heterocycles. The maximum atomic E-state index is 14.0. The topological polar surface area (TPSA) is 111 Å². The van der Waals surface area contributed by atoms with Gasteiger partial charge in [0.25, 0.3) is 5.91 Å². The third-order valence-electron chi connectivity index (χ3n) is 10.5. The molecule has 3 amide bonds. The number of nitrogens with zero attached hydrogens (tertiary/aromatic N) is 4. The number of ether oxygens (including phenoxy) is 1. The number of alkyl halides is 3. The lowest BCUT2D eigenvalue weighted by atomic mass is 9.68. The van der Waals surface area contributed by atoms with Gasteiger partial charge in [-0.1, -0.05) is 18.2 Å². The molecule has 2 aromatic rings. The smallest absolute Gasteiger partial charge is 0.418 e. The minimum absolute atomic E-state index is 0.0507. The number of halogens is 4. The standard InChI is InChI=1S/C34H42BrF3N6O4/c1-41-10-6-23(7-11-41)42-14-16-43(17-15-42)31(46)28(20-22-18-25(34(36,37)38)30(39)26(35)19-22)48-32(47)44-12-8-33(9-13-44)21-29(45)40-27-5-3-2-4-24(27)33/h2-5,18-19,23,28H,6-17,20-21,39H2,1H3,(H,40,45)/t28-/m1/s1. The molecule has 1 spiro atoms. The van der Waals surface area contributed by atoms with Crippen LogP contribution in [-0.2, 0) is 32.3 Å². The third-order valence-corrected chi connectivity index (χ3v) is 11.2. The summed E-state index contributed by atoms with van der Waals surface area (Å²) >= 11 is 3.13. The van der Waals surface area contributed by atoms with Crippen LogP contribution in [0.2, 0.25) is 0 Å². The highest BCUT2D eigenvalue weighted by atomic mass is 79.9. The molecule has 0 bridgehead atoms. The molecule has 1 atom stereocenters. The first-order chi connectivity index (χ1) is 22.8. The summed E-state index contributed by atoms with van der Waals surface area (Å²) in [6.07, 6.45) is -3.49. The molecule has 4 heterocycles. The molecule has 2 aromatic carbocycles. The van der Waals surface area contributed by atoms with Crippen LogP contribution in [0, 0.1) is 0 Å². The molecule has 3 saturated heterocycles. The summed E-state index contributed by atoms with van der Waals surface area (Å²) in [4.78, 5) is 48.1. The van der Waals surface area contributed by atoms with E-state index in [1.54, 1.807) is 4.90 Å². The first-order valence-corrected chi connectivity index (χ1v) is 17.3. The third kappa shape index (κ3) is 7.30. The fourth-order valence-electron chi connectivity index (χ4n) is 7.70. The second-order valence-corrected chi connectivity index (χ2v) is 14.4. The fourth-order valence-corrected chi connectivity index (χ4v) is 8.21. The number of anilines is 2. The Bertz CT molecular complexity index is 1530. The lowest BCUT2D eigenvalue weighted by Gasteiger charge is -2.44. The van der Waals surface area contributed by atoms with Gasteiger partial charge in [0.05, 0.1) is 11.3 Å². The van der Waals surface area contributed by atoms with Gasteiger partial charge >= 0.3 is 12.3 Å². The molecule has 3 fully saturated rings. The average molecular weight is 736 g/mol. The van der Waals surface area contributed by atoms with Crippen LogP contribution < -0.4 is 11.1 Å². The van der Waals surface area contributed by atoms with Gasteiger partial charge in [0.2, 0.25) is 5.91 Å². The number of benzene rings is 2. The number of piperidine rings is 2. The van der Waals surface area contributed by atoms with E-state index < -0.39 is 40.9 Å². The summed E-state index contributed by atoms with van der Waals surface area (Å²) in [7, 11) is 2.11. The van der Waals surface area contributed by atoms with Gasteiger partial charge in [-0.3, -0.25) is 14.5 Å². The van der Waals surface area contributed by atoms with Crippen molar-refractivity contribution in [2.24, 2.45) is 0 Å². The van der Waals surface area contributed by atoms with Crippen molar-refractivity contribution >= 4 is 45.2 Å². The molecular formula is C34H42BrF3N6O4. The lowest BCUT2D eigenvalue weighted by molar-refractivity contribution is -0.143. The normalized spacial score (nSPS) is 21.5. The SMILES string of the molecule is CN1CCC(N2CCN(C(=O)[C@@H](Cc3cc(Br)c(N)c(C(F)(F)F)c3)OC(=O)N3CCC4(CC3)CC(=O)Nc3ccccc34)CC2)CC1. The monoisotopic (exact) mass is 734 g/mol. The molecule has 260 valence electrons. The van der Waals surface area contributed by atoms with Gasteiger partial charge in [-0.2, -0.15) is 13.2 Å². The van der Waals surface area contributed by atoms with Crippen LogP contribution >= 0.6 is 15.9 Å². The molecule has 0 unspecified atom stereocenters. The van der Waals surface area contributed by atoms with Gasteiger partial charge in [0.1, 0.15) is 0 Å². The van der Waals surface area contributed by atoms with Crippen molar-refractivity contribution in [1.29, 1.82) is 0 Å². The Labute approximate surface area is 286 Å². The van der Waals surface area contributed by atoms with E-state index >= 15 is 0 Å². The number of hydrogen-bond donors (Lipinski definition) is 2. The predicted molar refractivity (Wildman–Crippen MR) is 178 cm³/mol. The number of fused-ring (bicyclic) bond motifs is 2. The Hall–Kier alpha value is -3.36. The quantitative estimate of drug-likeness (QED) is 0.429. The number of carbonyl (C=O) groups excluding carboxylic acids is 3. The van der Waals surface area contributed by atoms with Gasteiger partial charge in [0.15, 0.2) is 6.10 Å². The second-order valence-electron chi connectivity index (χ2n) is 13.5. The number of carbonyl (C=O) groups is 3. The zero-order chi connectivity index (χ0) is 34.2. The first-order valence-electron chi connectivity index (χ1n) is 16.5. The highest BCUT2D eigenvalue weighted by Crippen LogP contribution is 2.45. The molecule has 0 radical (unpaired) electrons. The molecule has 3 N–H and O–H groups in total. The van der Waals surface area contributed by atoms with Crippen molar-refractivity contribution in [2.45, 2.75) is 62.3 Å². The van der Waals surface area contributed by atoms with Crippen LogP contribution in [0.15, 0.2) is 40.9 Å². The zero-order valence-electron chi connectivity index (χ0n) is 27.0. The van der Waals surface area contributed by atoms with E-state index in [0.29, 0.717) is 64.6 Å². The van der Waals surface area contributed by atoms with Crippen LogP contribution in [0.5, 0.6) is 0 Å².